The first-order chi connectivity index (χ1) is 3.81. The van der Waals surface area contributed by atoms with E-state index in [1.54, 1.807) is 0 Å². The van der Waals surface area contributed by atoms with Gasteiger partial charge in [-0.25, -0.2) is 4.89 Å². The molecular weight excluding hydrogens is 110 g/mol. The Hall–Kier alpha value is -0.160. The second-order valence-corrected chi connectivity index (χ2v) is 1.57. The van der Waals surface area contributed by atoms with Crippen molar-refractivity contribution in [2.45, 2.75) is 12.5 Å². The highest BCUT2D eigenvalue weighted by Crippen LogP contribution is 1.84. The van der Waals surface area contributed by atoms with E-state index in [1.165, 1.54) is 0 Å². The van der Waals surface area contributed by atoms with Gasteiger partial charge in [-0.3, -0.25) is 5.26 Å². The average molecular weight is 121 g/mol. The molecule has 8 heavy (non-hydrogen) atoms. The third kappa shape index (κ3) is 4.01. The van der Waals surface area contributed by atoms with Gasteiger partial charge in [0.1, 0.15) is 0 Å². The van der Waals surface area contributed by atoms with Crippen molar-refractivity contribution in [3.8, 4) is 0 Å². The molecular formula is C4H11NO3. The Balaban J connectivity index is 2.92. The van der Waals surface area contributed by atoms with Crippen LogP contribution in [0.2, 0.25) is 0 Å². The first kappa shape index (κ1) is 7.84. The largest absolute Gasteiger partial charge is 0.396 e. The Morgan fingerprint density at radius 3 is 2.62 bits per heavy atom. The Labute approximate surface area is 47.8 Å². The molecule has 0 aromatic carbocycles. The van der Waals surface area contributed by atoms with E-state index < -0.39 is 0 Å². The van der Waals surface area contributed by atoms with Crippen LogP contribution >= 0.6 is 0 Å². The first-order valence-corrected chi connectivity index (χ1v) is 2.44. The van der Waals surface area contributed by atoms with Crippen LogP contribution in [-0.2, 0) is 4.89 Å². The number of nitrogens with two attached hydrogens (primary N) is 1. The van der Waals surface area contributed by atoms with Gasteiger partial charge in [-0.05, 0) is 6.42 Å². The van der Waals surface area contributed by atoms with Gasteiger partial charge in [0.25, 0.3) is 0 Å². The molecule has 0 rings (SSSR count). The molecule has 0 saturated heterocycles. The third-order valence-corrected chi connectivity index (χ3v) is 0.789. The second-order valence-electron chi connectivity index (χ2n) is 1.57. The van der Waals surface area contributed by atoms with Crippen LogP contribution < -0.4 is 5.73 Å². The van der Waals surface area contributed by atoms with Crippen molar-refractivity contribution >= 4 is 0 Å². The zero-order chi connectivity index (χ0) is 6.41. The van der Waals surface area contributed by atoms with Gasteiger partial charge in [0.15, 0.2) is 0 Å². The lowest BCUT2D eigenvalue weighted by molar-refractivity contribution is -0.245. The topological polar surface area (TPSA) is 75.7 Å². The maximum absolute atomic E-state index is 8.25. The minimum Gasteiger partial charge on any atom is -0.396 e. The van der Waals surface area contributed by atoms with Crippen LogP contribution in [-0.4, -0.2) is 29.6 Å². The molecule has 0 aliphatic heterocycles. The van der Waals surface area contributed by atoms with Crippen LogP contribution in [0.25, 0.3) is 0 Å². The fraction of sp³-hybridized carbons (Fsp3) is 1.00. The van der Waals surface area contributed by atoms with Crippen molar-refractivity contribution in [1.29, 1.82) is 0 Å². The molecule has 0 heterocycles. The summed E-state index contributed by atoms with van der Waals surface area (Å²) in [6.45, 7) is 0.116. The van der Waals surface area contributed by atoms with Crippen LogP contribution in [0.1, 0.15) is 6.42 Å². The highest BCUT2D eigenvalue weighted by Gasteiger charge is 1.98. The van der Waals surface area contributed by atoms with Crippen LogP contribution in [0.5, 0.6) is 0 Å². The van der Waals surface area contributed by atoms with E-state index in [1.807, 2.05) is 0 Å². The molecule has 50 valence electrons. The van der Waals surface area contributed by atoms with E-state index in [-0.39, 0.29) is 19.3 Å². The van der Waals surface area contributed by atoms with Crippen molar-refractivity contribution in [3.05, 3.63) is 0 Å². The zero-order valence-electron chi connectivity index (χ0n) is 4.58. The first-order valence-electron chi connectivity index (χ1n) is 2.44. The van der Waals surface area contributed by atoms with Crippen LogP contribution in [0.3, 0.4) is 0 Å². The maximum atomic E-state index is 8.25. The summed E-state index contributed by atoms with van der Waals surface area (Å²) in [5, 5.41) is 16.0. The van der Waals surface area contributed by atoms with Crippen molar-refractivity contribution in [3.63, 3.8) is 0 Å². The maximum Gasteiger partial charge on any atom is 0.0971 e. The molecule has 0 radical (unpaired) electrons. The molecule has 0 saturated carbocycles. The van der Waals surface area contributed by atoms with E-state index in [9.17, 15) is 0 Å². The van der Waals surface area contributed by atoms with Crippen molar-refractivity contribution in [2.75, 3.05) is 13.2 Å². The molecule has 0 aliphatic rings. The summed E-state index contributed by atoms with van der Waals surface area (Å²) in [4.78, 5) is 3.72. The number of aliphatic hydroxyl groups excluding tert-OH is 1. The van der Waals surface area contributed by atoms with Gasteiger partial charge in [0, 0.05) is 12.6 Å². The summed E-state index contributed by atoms with van der Waals surface area (Å²) in [5.74, 6) is 0. The molecule has 4 heteroatoms. The van der Waals surface area contributed by atoms with Gasteiger partial charge < -0.3 is 10.8 Å². The fourth-order valence-electron chi connectivity index (χ4n) is 0.345. The summed E-state index contributed by atoms with van der Waals surface area (Å²) in [7, 11) is 0. The Morgan fingerprint density at radius 1 is 1.62 bits per heavy atom. The van der Waals surface area contributed by atoms with Crippen LogP contribution in [0.4, 0.5) is 0 Å². The molecule has 0 spiro atoms. The van der Waals surface area contributed by atoms with Gasteiger partial charge in [0.2, 0.25) is 0 Å². The second kappa shape index (κ2) is 4.99. The molecule has 0 unspecified atom stereocenters. The molecule has 1 atom stereocenters. The molecule has 0 aromatic rings. The quantitative estimate of drug-likeness (QED) is 0.335. The summed E-state index contributed by atoms with van der Waals surface area (Å²) < 4.78 is 0. The third-order valence-electron chi connectivity index (χ3n) is 0.789. The van der Waals surface area contributed by atoms with E-state index in [4.69, 9.17) is 16.1 Å². The summed E-state index contributed by atoms with van der Waals surface area (Å²) in [6.07, 6.45) is 0.459. The molecule has 0 amide bonds. The lowest BCUT2D eigenvalue weighted by Gasteiger charge is -2.04. The number of aliphatic hydroxyl groups is 1. The SMILES string of the molecule is N[C@@H](CCO)COO. The average Bonchev–Trinajstić information content (AvgIpc) is 1.68. The van der Waals surface area contributed by atoms with E-state index in [2.05, 4.69) is 4.89 Å². The lowest BCUT2D eigenvalue weighted by atomic mass is 10.2. The predicted octanol–water partition coefficient (Wildman–Crippen LogP) is -0.814. The number of hydrogen-bond donors (Lipinski definition) is 3. The highest BCUT2D eigenvalue weighted by molar-refractivity contribution is 4.56. The molecule has 0 aliphatic carbocycles. The monoisotopic (exact) mass is 121 g/mol. The molecule has 0 aromatic heterocycles. The van der Waals surface area contributed by atoms with Gasteiger partial charge >= 0.3 is 0 Å². The van der Waals surface area contributed by atoms with Gasteiger partial charge in [-0.15, -0.1) is 0 Å². The van der Waals surface area contributed by atoms with E-state index in [0.717, 1.165) is 0 Å². The Bertz CT molecular complexity index is 44.5. The molecule has 4 N–H and O–H groups in total. The minimum atomic E-state index is -0.259. The summed E-state index contributed by atoms with van der Waals surface area (Å²) >= 11 is 0. The van der Waals surface area contributed by atoms with Crippen LogP contribution in [0, 0.1) is 0 Å². The van der Waals surface area contributed by atoms with Gasteiger partial charge in [0.05, 0.1) is 6.61 Å². The van der Waals surface area contributed by atoms with Crippen molar-refractivity contribution < 1.29 is 15.3 Å². The number of rotatable bonds is 4. The Morgan fingerprint density at radius 2 is 2.25 bits per heavy atom. The Kier molecular flexibility index (Phi) is 4.89. The molecule has 0 fully saturated rings. The highest BCUT2D eigenvalue weighted by atomic mass is 17.1. The summed E-state index contributed by atoms with van der Waals surface area (Å²) in [6, 6.07) is -0.259. The van der Waals surface area contributed by atoms with Crippen molar-refractivity contribution in [1.82, 2.24) is 0 Å². The standard InChI is InChI=1S/C4H11NO3/c5-4(1-2-6)3-8-7/h4,6-7H,1-3,5H2/t4-/m0/s1. The molecule has 0 bridgehead atoms. The van der Waals surface area contributed by atoms with Gasteiger partial charge in [-0.2, -0.15) is 0 Å². The number of hydrogen-bond acceptors (Lipinski definition) is 4. The zero-order valence-corrected chi connectivity index (χ0v) is 4.58. The minimum absolute atomic E-state index is 0.0323. The van der Waals surface area contributed by atoms with Crippen molar-refractivity contribution in [2.24, 2.45) is 5.73 Å². The normalized spacial score (nSPS) is 13.9. The van der Waals surface area contributed by atoms with E-state index >= 15 is 0 Å². The smallest absolute Gasteiger partial charge is 0.0971 e. The molecule has 4 nitrogen and oxygen atoms in total. The summed E-state index contributed by atoms with van der Waals surface area (Å²) in [5.41, 5.74) is 5.25. The van der Waals surface area contributed by atoms with Gasteiger partial charge in [-0.1, -0.05) is 0 Å². The predicted molar refractivity (Wildman–Crippen MR) is 28.3 cm³/mol. The fourth-order valence-corrected chi connectivity index (χ4v) is 0.345. The lowest BCUT2D eigenvalue weighted by Crippen LogP contribution is -2.26. The van der Waals surface area contributed by atoms with E-state index in [0.29, 0.717) is 6.42 Å². The van der Waals surface area contributed by atoms with Crippen LogP contribution in [0.15, 0.2) is 0 Å².